The Morgan fingerprint density at radius 2 is 2.29 bits per heavy atom. The van der Waals surface area contributed by atoms with Crippen LogP contribution < -0.4 is 16.6 Å². The van der Waals surface area contributed by atoms with E-state index in [-0.39, 0.29) is 0 Å². The van der Waals surface area contributed by atoms with Crippen LogP contribution in [-0.2, 0) is 13.5 Å². The highest BCUT2D eigenvalue weighted by atomic mass is 15.3. The molecule has 17 heavy (non-hydrogen) atoms. The normalized spacial score (nSPS) is 10.2. The van der Waals surface area contributed by atoms with Gasteiger partial charge in [0.25, 0.3) is 0 Å². The Hall–Kier alpha value is -2.15. The molecule has 0 aliphatic heterocycles. The lowest BCUT2D eigenvalue weighted by Gasteiger charge is -2.06. The lowest BCUT2D eigenvalue weighted by molar-refractivity contribution is 0.742. The molecule has 0 amide bonds. The Balaban J connectivity index is 1.85. The molecule has 0 unspecified atom stereocenters. The van der Waals surface area contributed by atoms with Crippen LogP contribution in [0.3, 0.4) is 0 Å². The van der Waals surface area contributed by atoms with Gasteiger partial charge in [0.1, 0.15) is 12.1 Å². The van der Waals surface area contributed by atoms with Gasteiger partial charge in [-0.05, 0) is 6.07 Å². The highest BCUT2D eigenvalue weighted by Crippen LogP contribution is 2.10. The van der Waals surface area contributed by atoms with Crippen LogP contribution >= 0.6 is 0 Å². The predicted molar refractivity (Wildman–Crippen MR) is 65.2 cm³/mol. The third kappa shape index (κ3) is 3.15. The molecule has 0 fully saturated rings. The van der Waals surface area contributed by atoms with E-state index >= 15 is 0 Å². The Morgan fingerprint density at radius 1 is 1.41 bits per heavy atom. The van der Waals surface area contributed by atoms with Crippen molar-refractivity contribution in [3.8, 4) is 0 Å². The summed E-state index contributed by atoms with van der Waals surface area (Å²) in [4.78, 5) is 8.17. The van der Waals surface area contributed by atoms with Crippen molar-refractivity contribution in [2.24, 2.45) is 12.9 Å². The summed E-state index contributed by atoms with van der Waals surface area (Å²) in [5.41, 5.74) is 3.46. The maximum atomic E-state index is 5.28. The van der Waals surface area contributed by atoms with Crippen molar-refractivity contribution in [3.63, 3.8) is 0 Å². The Bertz CT molecular complexity index is 479. The van der Waals surface area contributed by atoms with Gasteiger partial charge in [0.05, 0.1) is 0 Å². The zero-order valence-electron chi connectivity index (χ0n) is 9.59. The SMILES string of the molecule is Cn1cnc(CCNc2ccnc(NN)c2)n1. The van der Waals surface area contributed by atoms with E-state index in [0.29, 0.717) is 5.82 Å². The number of rotatable bonds is 5. The first-order chi connectivity index (χ1) is 8.28. The minimum Gasteiger partial charge on any atom is -0.384 e. The molecule has 90 valence electrons. The maximum Gasteiger partial charge on any atom is 0.152 e. The van der Waals surface area contributed by atoms with Gasteiger partial charge in [-0.15, -0.1) is 0 Å². The Labute approximate surface area is 99.0 Å². The predicted octanol–water partition coefficient (Wildman–Crippen LogP) is 0.150. The molecule has 0 atom stereocenters. The first kappa shape index (κ1) is 11.3. The zero-order chi connectivity index (χ0) is 12.1. The van der Waals surface area contributed by atoms with E-state index in [1.807, 2.05) is 19.2 Å². The number of hydrazine groups is 1. The average Bonchev–Trinajstić information content (AvgIpc) is 2.75. The number of hydrogen-bond acceptors (Lipinski definition) is 6. The molecule has 0 saturated carbocycles. The third-order valence-corrected chi connectivity index (χ3v) is 2.23. The number of aromatic nitrogens is 4. The van der Waals surface area contributed by atoms with Gasteiger partial charge in [-0.1, -0.05) is 0 Å². The van der Waals surface area contributed by atoms with Crippen molar-refractivity contribution < 1.29 is 0 Å². The van der Waals surface area contributed by atoms with E-state index < -0.39 is 0 Å². The largest absolute Gasteiger partial charge is 0.384 e. The van der Waals surface area contributed by atoms with Gasteiger partial charge in [-0.3, -0.25) is 4.68 Å². The number of nitrogens with one attached hydrogen (secondary N) is 2. The van der Waals surface area contributed by atoms with Crippen LogP contribution in [0.4, 0.5) is 11.5 Å². The highest BCUT2D eigenvalue weighted by Gasteiger charge is 1.99. The number of nitrogens with two attached hydrogens (primary N) is 1. The number of aryl methyl sites for hydroxylation is 1. The first-order valence-electron chi connectivity index (χ1n) is 5.29. The topological polar surface area (TPSA) is 93.7 Å². The molecule has 0 aromatic carbocycles. The molecular formula is C10H15N7. The van der Waals surface area contributed by atoms with E-state index in [2.05, 4.69) is 25.8 Å². The summed E-state index contributed by atoms with van der Waals surface area (Å²) < 4.78 is 1.69. The molecule has 2 rings (SSSR count). The summed E-state index contributed by atoms with van der Waals surface area (Å²) in [7, 11) is 1.85. The highest BCUT2D eigenvalue weighted by molar-refractivity contribution is 5.51. The summed E-state index contributed by atoms with van der Waals surface area (Å²) in [6.07, 6.45) is 4.16. The van der Waals surface area contributed by atoms with Crippen LogP contribution in [0.15, 0.2) is 24.7 Å². The van der Waals surface area contributed by atoms with Crippen LogP contribution in [0.25, 0.3) is 0 Å². The van der Waals surface area contributed by atoms with E-state index in [9.17, 15) is 0 Å². The summed E-state index contributed by atoms with van der Waals surface area (Å²) in [5.74, 6) is 6.73. The molecule has 2 aromatic heterocycles. The second-order valence-corrected chi connectivity index (χ2v) is 3.59. The number of anilines is 2. The summed E-state index contributed by atoms with van der Waals surface area (Å²) >= 11 is 0. The third-order valence-electron chi connectivity index (χ3n) is 2.23. The van der Waals surface area contributed by atoms with Crippen LogP contribution in [0.1, 0.15) is 5.82 Å². The molecule has 0 radical (unpaired) electrons. The fourth-order valence-electron chi connectivity index (χ4n) is 1.44. The minimum atomic E-state index is 0.631. The zero-order valence-corrected chi connectivity index (χ0v) is 9.59. The average molecular weight is 233 g/mol. The maximum absolute atomic E-state index is 5.28. The van der Waals surface area contributed by atoms with Crippen LogP contribution in [0.5, 0.6) is 0 Å². The van der Waals surface area contributed by atoms with Crippen molar-refractivity contribution in [3.05, 3.63) is 30.5 Å². The summed E-state index contributed by atoms with van der Waals surface area (Å²) in [6.45, 7) is 0.762. The summed E-state index contributed by atoms with van der Waals surface area (Å²) in [5, 5.41) is 7.45. The van der Waals surface area contributed by atoms with Crippen LogP contribution in [0.2, 0.25) is 0 Å². The monoisotopic (exact) mass is 233 g/mol. The fourth-order valence-corrected chi connectivity index (χ4v) is 1.44. The number of hydrogen-bond donors (Lipinski definition) is 3. The van der Waals surface area contributed by atoms with E-state index in [1.165, 1.54) is 0 Å². The minimum absolute atomic E-state index is 0.631. The molecule has 0 aliphatic carbocycles. The van der Waals surface area contributed by atoms with E-state index in [4.69, 9.17) is 5.84 Å². The molecule has 0 aliphatic rings. The second-order valence-electron chi connectivity index (χ2n) is 3.59. The quantitative estimate of drug-likeness (QED) is 0.503. The molecule has 7 heteroatoms. The molecule has 4 N–H and O–H groups in total. The molecule has 2 aromatic rings. The summed E-state index contributed by atoms with van der Waals surface area (Å²) in [6, 6.07) is 3.72. The Morgan fingerprint density at radius 3 is 3.00 bits per heavy atom. The molecule has 0 bridgehead atoms. The molecule has 0 saturated heterocycles. The lowest BCUT2D eigenvalue weighted by Crippen LogP contribution is -2.10. The van der Waals surface area contributed by atoms with Gasteiger partial charge < -0.3 is 10.7 Å². The Kier molecular flexibility index (Phi) is 3.51. The second kappa shape index (κ2) is 5.26. The van der Waals surface area contributed by atoms with Gasteiger partial charge >= 0.3 is 0 Å². The van der Waals surface area contributed by atoms with Gasteiger partial charge in [0, 0.05) is 38.0 Å². The molecule has 2 heterocycles. The van der Waals surface area contributed by atoms with Crippen molar-refractivity contribution in [2.75, 3.05) is 17.3 Å². The molecule has 7 nitrogen and oxygen atoms in total. The number of nitrogen functional groups attached to an aromatic ring is 1. The van der Waals surface area contributed by atoms with Crippen LogP contribution in [-0.4, -0.2) is 26.3 Å². The van der Waals surface area contributed by atoms with Crippen LogP contribution in [0, 0.1) is 0 Å². The van der Waals surface area contributed by atoms with Gasteiger partial charge in [-0.25, -0.2) is 15.8 Å². The molecule has 0 spiro atoms. The lowest BCUT2D eigenvalue weighted by atomic mass is 10.3. The van der Waals surface area contributed by atoms with Gasteiger partial charge in [0.2, 0.25) is 0 Å². The smallest absolute Gasteiger partial charge is 0.152 e. The standard InChI is InChI=1S/C10H15N7/c1-17-7-14-9(16-17)3-5-12-8-2-4-13-10(6-8)15-11/h2,4,6-7H,3,5,11H2,1H3,(H2,12,13,15). The van der Waals surface area contributed by atoms with Crippen molar-refractivity contribution in [1.29, 1.82) is 0 Å². The fraction of sp³-hybridized carbons (Fsp3) is 0.300. The van der Waals surface area contributed by atoms with E-state index in [0.717, 1.165) is 24.5 Å². The number of nitrogens with zero attached hydrogens (tertiary/aromatic N) is 4. The molecular weight excluding hydrogens is 218 g/mol. The van der Waals surface area contributed by atoms with Crippen molar-refractivity contribution >= 4 is 11.5 Å². The van der Waals surface area contributed by atoms with Gasteiger partial charge in [0.15, 0.2) is 5.82 Å². The first-order valence-corrected chi connectivity index (χ1v) is 5.29. The van der Waals surface area contributed by atoms with E-state index in [1.54, 1.807) is 17.2 Å². The number of pyridine rings is 1. The van der Waals surface area contributed by atoms with Crippen molar-refractivity contribution in [1.82, 2.24) is 19.7 Å². The van der Waals surface area contributed by atoms with Gasteiger partial charge in [-0.2, -0.15) is 5.10 Å². The van der Waals surface area contributed by atoms with Crippen molar-refractivity contribution in [2.45, 2.75) is 6.42 Å².